The predicted molar refractivity (Wildman–Crippen MR) is 111 cm³/mol. The van der Waals surface area contributed by atoms with Crippen LogP contribution in [0.15, 0.2) is 23.4 Å². The molecule has 32 heavy (non-hydrogen) atoms. The molecule has 0 radical (unpaired) electrons. The van der Waals surface area contributed by atoms with E-state index in [4.69, 9.17) is 19.0 Å². The standard InChI is InChI=1S/C23H26N2O7/c1-4-31-23(28)19-18-12-10-13(20(18)32-24-19)17-16(12)21(26)25(22(17)27)8-7-11-5-6-14(29-2)15(9-11)30-3/h5-6,9,12-13,16-18,20H,4,7-8,10H2,1-3H3/t12-,13-,16-,17-,18+,20+/m1/s1. The van der Waals surface area contributed by atoms with Gasteiger partial charge in [0.05, 0.1) is 38.6 Å². The number of rotatable bonds is 7. The molecule has 2 saturated carbocycles. The molecule has 2 aliphatic carbocycles. The van der Waals surface area contributed by atoms with Gasteiger partial charge in [-0.25, -0.2) is 4.79 Å². The van der Waals surface area contributed by atoms with E-state index in [1.807, 2.05) is 18.2 Å². The highest BCUT2D eigenvalue weighted by Crippen LogP contribution is 2.61. The summed E-state index contributed by atoms with van der Waals surface area (Å²) in [6.07, 6.45) is 0.887. The third kappa shape index (κ3) is 2.90. The van der Waals surface area contributed by atoms with Crippen LogP contribution < -0.4 is 9.47 Å². The fourth-order valence-corrected chi connectivity index (χ4v) is 6.06. The summed E-state index contributed by atoms with van der Waals surface area (Å²) in [4.78, 5) is 45.8. The van der Waals surface area contributed by atoms with Gasteiger partial charge in [0.1, 0.15) is 6.10 Å². The molecule has 5 rings (SSSR count). The van der Waals surface area contributed by atoms with Gasteiger partial charge >= 0.3 is 5.97 Å². The SMILES string of the molecule is CCOC(=O)C1=NO[C@H]2[C@@H]3C[C@@H]([C@@H]12)[C@H]1C(=O)N(CCc2ccc(OC)c(OC)c2)C(=O)[C@H]31. The molecular weight excluding hydrogens is 416 g/mol. The Morgan fingerprint density at radius 2 is 1.81 bits per heavy atom. The van der Waals surface area contributed by atoms with E-state index in [1.165, 1.54) is 4.90 Å². The number of carbonyl (C=O) groups excluding carboxylic acids is 3. The molecule has 4 aliphatic rings. The van der Waals surface area contributed by atoms with E-state index >= 15 is 0 Å². The van der Waals surface area contributed by atoms with Crippen molar-refractivity contribution in [2.75, 3.05) is 27.4 Å². The molecule has 2 amide bonds. The number of amides is 2. The van der Waals surface area contributed by atoms with Crippen molar-refractivity contribution in [3.05, 3.63) is 23.8 Å². The molecule has 1 saturated heterocycles. The number of oxime groups is 1. The minimum absolute atomic E-state index is 0.104. The highest BCUT2D eigenvalue weighted by molar-refractivity contribution is 6.38. The number of methoxy groups -OCH3 is 2. The lowest BCUT2D eigenvalue weighted by molar-refractivity contribution is -0.141. The molecule has 2 bridgehead atoms. The van der Waals surface area contributed by atoms with E-state index in [1.54, 1.807) is 21.1 Å². The molecule has 9 nitrogen and oxygen atoms in total. The molecule has 0 aromatic heterocycles. The van der Waals surface area contributed by atoms with E-state index in [2.05, 4.69) is 5.16 Å². The normalized spacial score (nSPS) is 31.8. The van der Waals surface area contributed by atoms with Gasteiger partial charge in [0.15, 0.2) is 17.2 Å². The van der Waals surface area contributed by atoms with Crippen LogP contribution in [-0.4, -0.2) is 61.9 Å². The van der Waals surface area contributed by atoms with Crippen LogP contribution in [0.5, 0.6) is 11.5 Å². The molecule has 0 spiro atoms. The summed E-state index contributed by atoms with van der Waals surface area (Å²) >= 11 is 0. The van der Waals surface area contributed by atoms with Gasteiger partial charge in [-0.1, -0.05) is 11.2 Å². The molecule has 170 valence electrons. The third-order valence-electron chi connectivity index (χ3n) is 7.34. The minimum atomic E-state index is -0.494. The zero-order valence-electron chi connectivity index (χ0n) is 18.3. The Morgan fingerprint density at radius 3 is 2.50 bits per heavy atom. The summed E-state index contributed by atoms with van der Waals surface area (Å²) in [7, 11) is 3.14. The van der Waals surface area contributed by atoms with E-state index in [-0.39, 0.29) is 48.0 Å². The van der Waals surface area contributed by atoms with Crippen molar-refractivity contribution < 1.29 is 33.4 Å². The van der Waals surface area contributed by atoms with Gasteiger partial charge in [-0.15, -0.1) is 0 Å². The van der Waals surface area contributed by atoms with Crippen molar-refractivity contribution in [1.82, 2.24) is 4.90 Å². The second kappa shape index (κ2) is 7.79. The molecule has 6 atom stereocenters. The number of hydrogen-bond donors (Lipinski definition) is 0. The summed E-state index contributed by atoms with van der Waals surface area (Å²) in [5, 5.41) is 3.97. The lowest BCUT2D eigenvalue weighted by atomic mass is 9.72. The molecule has 1 aromatic carbocycles. The zero-order chi connectivity index (χ0) is 22.6. The summed E-state index contributed by atoms with van der Waals surface area (Å²) in [6, 6.07) is 5.57. The first-order valence-electron chi connectivity index (χ1n) is 11.0. The summed E-state index contributed by atoms with van der Waals surface area (Å²) in [5.41, 5.74) is 1.20. The molecule has 3 fully saturated rings. The van der Waals surface area contributed by atoms with Gasteiger partial charge in [-0.2, -0.15) is 0 Å². The molecular formula is C23H26N2O7. The van der Waals surface area contributed by atoms with Gasteiger partial charge in [-0.3, -0.25) is 14.5 Å². The van der Waals surface area contributed by atoms with Crippen molar-refractivity contribution in [3.63, 3.8) is 0 Å². The fraction of sp³-hybridized carbons (Fsp3) is 0.565. The Hall–Kier alpha value is -3.10. The number of imide groups is 1. The van der Waals surface area contributed by atoms with Gasteiger partial charge in [0, 0.05) is 12.5 Å². The maximum atomic E-state index is 13.3. The largest absolute Gasteiger partial charge is 0.493 e. The van der Waals surface area contributed by atoms with Crippen LogP contribution in [0.4, 0.5) is 0 Å². The van der Waals surface area contributed by atoms with E-state index in [0.717, 1.165) is 5.56 Å². The van der Waals surface area contributed by atoms with Crippen molar-refractivity contribution in [2.45, 2.75) is 25.9 Å². The first-order valence-corrected chi connectivity index (χ1v) is 11.0. The molecule has 2 aliphatic heterocycles. The number of benzene rings is 1. The molecule has 9 heteroatoms. The van der Waals surface area contributed by atoms with Crippen LogP contribution in [0, 0.1) is 29.6 Å². The van der Waals surface area contributed by atoms with Gasteiger partial charge in [0.25, 0.3) is 0 Å². The number of ether oxygens (including phenoxy) is 3. The van der Waals surface area contributed by atoms with Crippen molar-refractivity contribution in [1.29, 1.82) is 0 Å². The van der Waals surface area contributed by atoms with Crippen LogP contribution >= 0.6 is 0 Å². The van der Waals surface area contributed by atoms with E-state index < -0.39 is 17.8 Å². The molecule has 1 aromatic rings. The predicted octanol–water partition coefficient (Wildman–Crippen LogP) is 1.43. The second-order valence-corrected chi connectivity index (χ2v) is 8.68. The van der Waals surface area contributed by atoms with Gasteiger partial charge < -0.3 is 19.0 Å². The van der Waals surface area contributed by atoms with Crippen molar-refractivity contribution in [2.24, 2.45) is 34.7 Å². The number of fused-ring (bicyclic) bond motifs is 8. The first-order chi connectivity index (χ1) is 15.5. The Morgan fingerprint density at radius 1 is 1.09 bits per heavy atom. The van der Waals surface area contributed by atoms with Crippen LogP contribution in [0.3, 0.4) is 0 Å². The van der Waals surface area contributed by atoms with Crippen molar-refractivity contribution >= 4 is 23.5 Å². The molecule has 0 N–H and O–H groups in total. The van der Waals surface area contributed by atoms with E-state index in [9.17, 15) is 14.4 Å². The second-order valence-electron chi connectivity index (χ2n) is 8.68. The summed E-state index contributed by atoms with van der Waals surface area (Å²) in [5.74, 6) is -0.862. The fourth-order valence-electron chi connectivity index (χ4n) is 6.06. The van der Waals surface area contributed by atoms with Gasteiger partial charge in [0.2, 0.25) is 11.8 Å². The number of carbonyl (C=O) groups is 3. The average Bonchev–Trinajstić information content (AvgIpc) is 3.53. The molecule has 0 unspecified atom stereocenters. The Kier molecular flexibility index (Phi) is 5.06. The first kappa shape index (κ1) is 20.8. The van der Waals surface area contributed by atoms with Gasteiger partial charge in [-0.05, 0) is 43.4 Å². The topological polar surface area (TPSA) is 104 Å². The lowest BCUT2D eigenvalue weighted by Crippen LogP contribution is -2.42. The Labute approximate surface area is 185 Å². The number of hydrogen-bond acceptors (Lipinski definition) is 8. The van der Waals surface area contributed by atoms with Crippen LogP contribution in [-0.2, 0) is 30.4 Å². The lowest BCUT2D eigenvalue weighted by Gasteiger charge is -2.29. The van der Waals surface area contributed by atoms with Crippen LogP contribution in [0.25, 0.3) is 0 Å². The smallest absolute Gasteiger partial charge is 0.356 e. The van der Waals surface area contributed by atoms with Crippen molar-refractivity contribution in [3.8, 4) is 11.5 Å². The summed E-state index contributed by atoms with van der Waals surface area (Å²) < 4.78 is 15.7. The Balaban J connectivity index is 1.31. The monoisotopic (exact) mass is 442 g/mol. The number of esters is 1. The Bertz CT molecular complexity index is 1010. The van der Waals surface area contributed by atoms with Crippen LogP contribution in [0.2, 0.25) is 0 Å². The summed E-state index contributed by atoms with van der Waals surface area (Å²) in [6.45, 7) is 2.28. The quantitative estimate of drug-likeness (QED) is 0.465. The maximum absolute atomic E-state index is 13.3. The van der Waals surface area contributed by atoms with E-state index in [0.29, 0.717) is 30.9 Å². The third-order valence-corrected chi connectivity index (χ3v) is 7.34. The van der Waals surface area contributed by atoms with Crippen LogP contribution in [0.1, 0.15) is 18.9 Å². The zero-order valence-corrected chi connectivity index (χ0v) is 18.3. The maximum Gasteiger partial charge on any atom is 0.356 e. The highest BCUT2D eigenvalue weighted by atomic mass is 16.6. The number of nitrogens with zero attached hydrogens (tertiary/aromatic N) is 2. The number of likely N-dealkylation sites (tertiary alicyclic amines) is 1. The molecule has 2 heterocycles. The highest BCUT2D eigenvalue weighted by Gasteiger charge is 2.70. The average molecular weight is 442 g/mol. The minimum Gasteiger partial charge on any atom is -0.493 e.